The fraction of sp³-hybridized carbons (Fsp3) is 0.500. The summed E-state index contributed by atoms with van der Waals surface area (Å²) in [6.07, 6.45) is 3.18. The molecule has 22 heavy (non-hydrogen) atoms. The molecule has 0 fully saturated rings. The topological polar surface area (TPSA) is 41.6 Å². The van der Waals surface area contributed by atoms with Crippen molar-refractivity contribution in [3.05, 3.63) is 40.5 Å². The lowest BCUT2D eigenvalue weighted by Gasteiger charge is -2.21. The number of hydrogen-bond donors (Lipinski definition) is 1. The fourth-order valence-corrected chi connectivity index (χ4v) is 2.92. The van der Waals surface area contributed by atoms with E-state index in [2.05, 4.69) is 30.4 Å². The zero-order valence-corrected chi connectivity index (χ0v) is 14.0. The summed E-state index contributed by atoms with van der Waals surface area (Å²) in [6, 6.07) is 4.19. The molecule has 0 aromatic heterocycles. The highest BCUT2D eigenvalue weighted by molar-refractivity contribution is 5.93. The summed E-state index contributed by atoms with van der Waals surface area (Å²) in [4.78, 5) is 14.3. The van der Waals surface area contributed by atoms with Crippen molar-refractivity contribution < 1.29 is 9.53 Å². The Kier molecular flexibility index (Phi) is 5.75. The Morgan fingerprint density at radius 1 is 1.27 bits per heavy atom. The highest BCUT2D eigenvalue weighted by Gasteiger charge is 2.12. The molecule has 0 saturated heterocycles. The van der Waals surface area contributed by atoms with Crippen molar-refractivity contribution in [1.82, 2.24) is 4.90 Å². The Morgan fingerprint density at radius 2 is 1.95 bits per heavy atom. The maximum Gasteiger partial charge on any atom is 0.238 e. The molecule has 1 aliphatic heterocycles. The van der Waals surface area contributed by atoms with Crippen molar-refractivity contribution >= 4 is 11.6 Å². The molecule has 0 unspecified atom stereocenters. The molecule has 1 heterocycles. The van der Waals surface area contributed by atoms with Crippen molar-refractivity contribution in [3.8, 4) is 0 Å². The van der Waals surface area contributed by atoms with Gasteiger partial charge in [0.05, 0.1) is 19.8 Å². The molecule has 120 valence electrons. The van der Waals surface area contributed by atoms with Gasteiger partial charge in [-0.2, -0.15) is 0 Å². The number of hydrogen-bond acceptors (Lipinski definition) is 3. The van der Waals surface area contributed by atoms with Gasteiger partial charge in [0.2, 0.25) is 5.91 Å². The predicted octanol–water partition coefficient (Wildman–Crippen LogP) is 2.83. The van der Waals surface area contributed by atoms with Gasteiger partial charge in [-0.25, -0.2) is 0 Å². The number of rotatable bonds is 5. The molecule has 0 bridgehead atoms. The van der Waals surface area contributed by atoms with Crippen molar-refractivity contribution in [1.29, 1.82) is 0 Å². The first-order chi connectivity index (χ1) is 10.5. The lowest BCUT2D eigenvalue weighted by atomic mass is 10.1. The Labute approximate surface area is 133 Å². The van der Waals surface area contributed by atoms with Crippen LogP contribution in [-0.4, -0.2) is 44.2 Å². The summed E-state index contributed by atoms with van der Waals surface area (Å²) in [5, 5.41) is 3.04. The van der Waals surface area contributed by atoms with Crippen LogP contribution in [0.3, 0.4) is 0 Å². The van der Waals surface area contributed by atoms with Crippen LogP contribution in [-0.2, 0) is 9.53 Å². The molecular weight excluding hydrogens is 276 g/mol. The summed E-state index contributed by atoms with van der Waals surface area (Å²) in [5.41, 5.74) is 5.62. The van der Waals surface area contributed by atoms with Gasteiger partial charge in [0.15, 0.2) is 0 Å². The average molecular weight is 302 g/mol. The third kappa shape index (κ3) is 4.68. The normalized spacial score (nSPS) is 14.9. The number of amides is 1. The van der Waals surface area contributed by atoms with E-state index in [1.165, 1.54) is 11.1 Å². The van der Waals surface area contributed by atoms with E-state index in [0.29, 0.717) is 13.2 Å². The second-order valence-electron chi connectivity index (χ2n) is 6.20. The Morgan fingerprint density at radius 3 is 2.55 bits per heavy atom. The zero-order chi connectivity index (χ0) is 16.1. The van der Waals surface area contributed by atoms with Gasteiger partial charge in [-0.15, -0.1) is 0 Å². The van der Waals surface area contributed by atoms with Crippen LogP contribution in [0.25, 0.3) is 0 Å². The van der Waals surface area contributed by atoms with Crippen LogP contribution < -0.4 is 5.32 Å². The van der Waals surface area contributed by atoms with Gasteiger partial charge in [0.1, 0.15) is 0 Å². The first-order valence-electron chi connectivity index (χ1n) is 7.77. The molecule has 0 saturated carbocycles. The minimum absolute atomic E-state index is 0.0230. The van der Waals surface area contributed by atoms with E-state index in [0.717, 1.165) is 36.4 Å². The van der Waals surface area contributed by atoms with Gasteiger partial charge < -0.3 is 10.1 Å². The molecule has 1 aliphatic rings. The number of carbonyl (C=O) groups is 1. The summed E-state index contributed by atoms with van der Waals surface area (Å²) < 4.78 is 5.43. The molecule has 1 N–H and O–H groups in total. The summed E-state index contributed by atoms with van der Waals surface area (Å²) in [5.74, 6) is 0.0230. The Bertz CT molecular complexity index is 555. The number of nitrogens with one attached hydrogen (secondary N) is 1. The number of ether oxygens (including phenoxy) is 1. The second kappa shape index (κ2) is 7.56. The number of benzene rings is 1. The first-order valence-corrected chi connectivity index (χ1v) is 7.77. The fourth-order valence-electron chi connectivity index (χ4n) is 2.92. The smallest absolute Gasteiger partial charge is 0.238 e. The van der Waals surface area contributed by atoms with Gasteiger partial charge in [-0.05, 0) is 50.9 Å². The van der Waals surface area contributed by atoms with Crippen molar-refractivity contribution in [3.63, 3.8) is 0 Å². The highest BCUT2D eigenvalue weighted by atomic mass is 16.5. The largest absolute Gasteiger partial charge is 0.377 e. The van der Waals surface area contributed by atoms with E-state index < -0.39 is 0 Å². The molecule has 1 aromatic rings. The standard InChI is InChI=1S/C18H26N2O2/c1-13-8-14(2)18(15(3)9-13)19-17(21)11-20(4)10-16-6-5-7-22-12-16/h6,8-9H,5,7,10-12H2,1-4H3,(H,19,21). The highest BCUT2D eigenvalue weighted by Crippen LogP contribution is 2.21. The molecule has 0 radical (unpaired) electrons. The molecule has 1 aromatic carbocycles. The molecule has 1 amide bonds. The monoisotopic (exact) mass is 302 g/mol. The van der Waals surface area contributed by atoms with Crippen LogP contribution in [0.1, 0.15) is 23.1 Å². The predicted molar refractivity (Wildman–Crippen MR) is 90.3 cm³/mol. The minimum atomic E-state index is 0.0230. The molecule has 4 nitrogen and oxygen atoms in total. The number of aryl methyl sites for hydroxylation is 3. The van der Waals surface area contributed by atoms with E-state index in [1.54, 1.807) is 0 Å². The van der Waals surface area contributed by atoms with Crippen LogP contribution >= 0.6 is 0 Å². The molecule has 0 aliphatic carbocycles. The van der Waals surface area contributed by atoms with E-state index in [4.69, 9.17) is 4.74 Å². The molecule has 2 rings (SSSR count). The molecule has 4 heteroatoms. The molecule has 0 spiro atoms. The van der Waals surface area contributed by atoms with E-state index in [1.807, 2.05) is 25.8 Å². The summed E-state index contributed by atoms with van der Waals surface area (Å²) in [7, 11) is 1.96. The third-order valence-electron chi connectivity index (χ3n) is 3.81. The molecular formula is C18H26N2O2. The van der Waals surface area contributed by atoms with Crippen LogP contribution in [0.2, 0.25) is 0 Å². The number of anilines is 1. The average Bonchev–Trinajstić information content (AvgIpc) is 2.43. The van der Waals surface area contributed by atoms with Crippen molar-refractivity contribution in [2.24, 2.45) is 0 Å². The second-order valence-corrected chi connectivity index (χ2v) is 6.20. The van der Waals surface area contributed by atoms with Gasteiger partial charge in [0, 0.05) is 12.2 Å². The summed E-state index contributed by atoms with van der Waals surface area (Å²) >= 11 is 0. The SMILES string of the molecule is Cc1cc(C)c(NC(=O)CN(C)CC2=CCCOC2)c(C)c1. The lowest BCUT2D eigenvalue weighted by Crippen LogP contribution is -2.33. The number of nitrogens with zero attached hydrogens (tertiary/aromatic N) is 1. The van der Waals surface area contributed by atoms with E-state index >= 15 is 0 Å². The van der Waals surface area contributed by atoms with Gasteiger partial charge in [-0.1, -0.05) is 23.8 Å². The Hall–Kier alpha value is -1.65. The maximum atomic E-state index is 12.3. The van der Waals surface area contributed by atoms with E-state index in [-0.39, 0.29) is 5.91 Å². The third-order valence-corrected chi connectivity index (χ3v) is 3.81. The van der Waals surface area contributed by atoms with Gasteiger partial charge in [-0.3, -0.25) is 9.69 Å². The lowest BCUT2D eigenvalue weighted by molar-refractivity contribution is -0.117. The van der Waals surface area contributed by atoms with Crippen LogP contribution in [0.4, 0.5) is 5.69 Å². The van der Waals surface area contributed by atoms with Crippen molar-refractivity contribution in [2.75, 3.05) is 38.7 Å². The van der Waals surface area contributed by atoms with Crippen LogP contribution in [0.15, 0.2) is 23.8 Å². The maximum absolute atomic E-state index is 12.3. The molecule has 0 atom stereocenters. The number of likely N-dealkylation sites (N-methyl/N-ethyl adjacent to an activating group) is 1. The first kappa shape index (κ1) is 16.7. The quantitative estimate of drug-likeness (QED) is 0.850. The minimum Gasteiger partial charge on any atom is -0.377 e. The van der Waals surface area contributed by atoms with Crippen molar-refractivity contribution in [2.45, 2.75) is 27.2 Å². The number of carbonyl (C=O) groups excluding carboxylic acids is 1. The van der Waals surface area contributed by atoms with Gasteiger partial charge >= 0.3 is 0 Å². The zero-order valence-electron chi connectivity index (χ0n) is 14.0. The van der Waals surface area contributed by atoms with Gasteiger partial charge in [0.25, 0.3) is 0 Å². The van der Waals surface area contributed by atoms with Crippen LogP contribution in [0, 0.1) is 20.8 Å². The Balaban J connectivity index is 1.91. The van der Waals surface area contributed by atoms with Crippen LogP contribution in [0.5, 0.6) is 0 Å². The van der Waals surface area contributed by atoms with E-state index in [9.17, 15) is 4.79 Å². The summed E-state index contributed by atoms with van der Waals surface area (Å²) in [6.45, 7) is 8.78.